The topological polar surface area (TPSA) is 83.9 Å². The first-order valence-electron chi connectivity index (χ1n) is 9.66. The summed E-state index contributed by atoms with van der Waals surface area (Å²) in [5, 5.41) is 8.96. The molecule has 0 saturated carbocycles. The molecule has 1 N–H and O–H groups in total. The zero-order valence-corrected chi connectivity index (χ0v) is 18.0. The van der Waals surface area contributed by atoms with Gasteiger partial charge in [0.05, 0.1) is 22.6 Å². The fourth-order valence-electron chi connectivity index (χ4n) is 2.90. The van der Waals surface area contributed by atoms with E-state index in [1.807, 2.05) is 0 Å². The number of ether oxygens (including phenoxy) is 1. The molecule has 0 amide bonds. The van der Waals surface area contributed by atoms with Crippen LogP contribution in [0.15, 0.2) is 42.5 Å². The summed E-state index contributed by atoms with van der Waals surface area (Å²) in [4.78, 5) is 11.0. The molecule has 2 rings (SSSR count). The Morgan fingerprint density at radius 1 is 1.06 bits per heavy atom. The minimum atomic E-state index is -4.63. The molecule has 0 spiro atoms. The average molecular weight is 459 g/mol. The second-order valence-electron chi connectivity index (χ2n) is 6.86. The normalized spacial score (nSPS) is 11.9. The van der Waals surface area contributed by atoms with E-state index in [-0.39, 0.29) is 35.9 Å². The third-order valence-electron chi connectivity index (χ3n) is 4.38. The quantitative estimate of drug-likeness (QED) is 0.544. The Morgan fingerprint density at radius 2 is 1.71 bits per heavy atom. The summed E-state index contributed by atoms with van der Waals surface area (Å²) in [6.45, 7) is 3.40. The van der Waals surface area contributed by atoms with Crippen molar-refractivity contribution >= 4 is 21.7 Å². The van der Waals surface area contributed by atoms with Crippen LogP contribution >= 0.6 is 0 Å². The summed E-state index contributed by atoms with van der Waals surface area (Å²) < 4.78 is 71.9. The number of hydrogen-bond donors (Lipinski definition) is 1. The second-order valence-corrected chi connectivity index (χ2v) is 8.87. The molecule has 0 aliphatic heterocycles. The lowest BCUT2D eigenvalue weighted by atomic mass is 10.1. The van der Waals surface area contributed by atoms with Crippen LogP contribution in [0.4, 0.5) is 18.9 Å². The highest BCUT2D eigenvalue weighted by atomic mass is 32.2. The summed E-state index contributed by atoms with van der Waals surface area (Å²) in [6.07, 6.45) is -3.81. The van der Waals surface area contributed by atoms with E-state index in [2.05, 4.69) is 0 Å². The standard InChI is InChI=1S/C21H24F3NO5S/c1-3-11-25(31(28,29)12-4-2)18-10-9-17(21(22,23)24)13-19(18)30-14-15-5-7-16(8-6-15)20(26)27/h5-10,13H,3-4,11-12,14H2,1-2H3,(H,26,27). The summed E-state index contributed by atoms with van der Waals surface area (Å²) in [7, 11) is -3.75. The number of carboxylic acid groups (broad SMARTS) is 1. The molecule has 0 atom stereocenters. The Balaban J connectivity index is 2.45. The number of sulfonamides is 1. The predicted octanol–water partition coefficient (Wildman–Crippen LogP) is 4.94. The zero-order chi connectivity index (χ0) is 23.2. The molecular weight excluding hydrogens is 435 g/mol. The largest absolute Gasteiger partial charge is 0.487 e. The second kappa shape index (κ2) is 10.0. The van der Waals surface area contributed by atoms with Crippen molar-refractivity contribution in [3.63, 3.8) is 0 Å². The van der Waals surface area contributed by atoms with Crippen LogP contribution < -0.4 is 9.04 Å². The molecule has 10 heteroatoms. The van der Waals surface area contributed by atoms with Gasteiger partial charge in [0.1, 0.15) is 12.4 Å². The van der Waals surface area contributed by atoms with Gasteiger partial charge < -0.3 is 9.84 Å². The van der Waals surface area contributed by atoms with Gasteiger partial charge in [0.25, 0.3) is 0 Å². The molecule has 2 aromatic rings. The van der Waals surface area contributed by atoms with E-state index in [1.54, 1.807) is 13.8 Å². The maximum atomic E-state index is 13.2. The van der Waals surface area contributed by atoms with Crippen LogP contribution in [0.1, 0.15) is 48.2 Å². The zero-order valence-electron chi connectivity index (χ0n) is 17.1. The number of halogens is 3. The van der Waals surface area contributed by atoms with Gasteiger partial charge in [-0.05, 0) is 48.7 Å². The van der Waals surface area contributed by atoms with Crippen molar-refractivity contribution < 1.29 is 36.2 Å². The van der Waals surface area contributed by atoms with Gasteiger partial charge >= 0.3 is 12.1 Å². The molecule has 0 aliphatic rings. The number of aromatic carboxylic acids is 1. The van der Waals surface area contributed by atoms with Gasteiger partial charge in [0.2, 0.25) is 10.0 Å². The molecule has 0 radical (unpaired) electrons. The van der Waals surface area contributed by atoms with Crippen molar-refractivity contribution in [2.45, 2.75) is 39.5 Å². The molecule has 0 unspecified atom stereocenters. The van der Waals surface area contributed by atoms with Crippen molar-refractivity contribution in [1.29, 1.82) is 0 Å². The van der Waals surface area contributed by atoms with Gasteiger partial charge in [-0.2, -0.15) is 13.2 Å². The Bertz CT molecular complexity index is 1000. The van der Waals surface area contributed by atoms with Crippen LogP contribution in [0.3, 0.4) is 0 Å². The van der Waals surface area contributed by atoms with Crippen LogP contribution in [0.25, 0.3) is 0 Å². The summed E-state index contributed by atoms with van der Waals surface area (Å²) in [5.41, 5.74) is -0.350. The molecular formula is C21H24F3NO5S. The molecule has 0 saturated heterocycles. The Kier molecular flexibility index (Phi) is 7.94. The number of alkyl halides is 3. The first-order valence-corrected chi connectivity index (χ1v) is 11.3. The summed E-state index contributed by atoms with van der Waals surface area (Å²) >= 11 is 0. The monoisotopic (exact) mass is 459 g/mol. The number of carboxylic acids is 1. The molecule has 6 nitrogen and oxygen atoms in total. The minimum Gasteiger partial charge on any atom is -0.487 e. The van der Waals surface area contributed by atoms with Crippen molar-refractivity contribution in [2.24, 2.45) is 0 Å². The summed E-state index contributed by atoms with van der Waals surface area (Å²) in [5.74, 6) is -1.47. The van der Waals surface area contributed by atoms with E-state index < -0.39 is 27.7 Å². The van der Waals surface area contributed by atoms with Gasteiger partial charge in [-0.25, -0.2) is 13.2 Å². The number of nitrogens with zero attached hydrogens (tertiary/aromatic N) is 1. The Labute approximate surface area is 179 Å². The molecule has 2 aromatic carbocycles. The number of anilines is 1. The van der Waals surface area contributed by atoms with E-state index in [1.165, 1.54) is 24.3 Å². The minimum absolute atomic E-state index is 0.0328. The highest BCUT2D eigenvalue weighted by molar-refractivity contribution is 7.92. The molecule has 0 bridgehead atoms. The van der Waals surface area contributed by atoms with Crippen molar-refractivity contribution in [3.8, 4) is 5.75 Å². The molecule has 170 valence electrons. The Morgan fingerprint density at radius 3 is 2.23 bits per heavy atom. The average Bonchev–Trinajstić information content (AvgIpc) is 2.70. The van der Waals surface area contributed by atoms with E-state index in [9.17, 15) is 26.4 Å². The fraction of sp³-hybridized carbons (Fsp3) is 0.381. The van der Waals surface area contributed by atoms with Crippen molar-refractivity contribution in [1.82, 2.24) is 0 Å². The lowest BCUT2D eigenvalue weighted by molar-refractivity contribution is -0.137. The van der Waals surface area contributed by atoms with Crippen LogP contribution in [0.2, 0.25) is 0 Å². The van der Waals surface area contributed by atoms with Gasteiger partial charge in [0, 0.05) is 6.54 Å². The first-order chi connectivity index (χ1) is 14.5. The third-order valence-corrected chi connectivity index (χ3v) is 6.35. The smallest absolute Gasteiger partial charge is 0.416 e. The van der Waals surface area contributed by atoms with Gasteiger partial charge in [-0.1, -0.05) is 26.0 Å². The maximum Gasteiger partial charge on any atom is 0.416 e. The molecule has 0 heterocycles. The van der Waals surface area contributed by atoms with E-state index in [0.717, 1.165) is 22.5 Å². The number of carbonyl (C=O) groups is 1. The van der Waals surface area contributed by atoms with Crippen molar-refractivity contribution in [2.75, 3.05) is 16.6 Å². The van der Waals surface area contributed by atoms with Crippen LogP contribution in [0.5, 0.6) is 5.75 Å². The molecule has 0 fully saturated rings. The molecule has 0 aromatic heterocycles. The lowest BCUT2D eigenvalue weighted by Crippen LogP contribution is -2.34. The van der Waals surface area contributed by atoms with Crippen LogP contribution in [-0.2, 0) is 22.8 Å². The number of benzene rings is 2. The highest BCUT2D eigenvalue weighted by Crippen LogP contribution is 2.38. The van der Waals surface area contributed by atoms with Gasteiger partial charge in [-0.15, -0.1) is 0 Å². The van der Waals surface area contributed by atoms with Gasteiger partial charge in [0.15, 0.2) is 0 Å². The third kappa shape index (κ3) is 6.36. The van der Waals surface area contributed by atoms with Crippen LogP contribution in [-0.4, -0.2) is 31.8 Å². The predicted molar refractivity (Wildman–Crippen MR) is 111 cm³/mol. The first kappa shape index (κ1) is 24.5. The molecule has 31 heavy (non-hydrogen) atoms. The van der Waals surface area contributed by atoms with E-state index >= 15 is 0 Å². The fourth-order valence-corrected chi connectivity index (χ4v) is 4.54. The van der Waals surface area contributed by atoms with E-state index in [0.29, 0.717) is 18.4 Å². The van der Waals surface area contributed by atoms with Crippen LogP contribution in [0, 0.1) is 0 Å². The maximum absolute atomic E-state index is 13.2. The highest BCUT2D eigenvalue weighted by Gasteiger charge is 2.33. The summed E-state index contributed by atoms with van der Waals surface area (Å²) in [6, 6.07) is 8.38. The number of hydrogen-bond acceptors (Lipinski definition) is 4. The number of rotatable bonds is 10. The van der Waals surface area contributed by atoms with E-state index in [4.69, 9.17) is 9.84 Å². The molecule has 0 aliphatic carbocycles. The van der Waals surface area contributed by atoms with Gasteiger partial charge in [-0.3, -0.25) is 4.31 Å². The Hall–Kier alpha value is -2.75. The lowest BCUT2D eigenvalue weighted by Gasteiger charge is -2.26. The SMILES string of the molecule is CCCN(c1ccc(C(F)(F)F)cc1OCc1ccc(C(=O)O)cc1)S(=O)(=O)CCC. The van der Waals surface area contributed by atoms with Crippen molar-refractivity contribution in [3.05, 3.63) is 59.2 Å².